The molecule has 1 amide bonds. The van der Waals surface area contributed by atoms with Crippen LogP contribution in [0.1, 0.15) is 50.0 Å². The third kappa shape index (κ3) is 3.12. The van der Waals surface area contributed by atoms with E-state index in [9.17, 15) is 19.5 Å². The van der Waals surface area contributed by atoms with Gasteiger partial charge in [0.15, 0.2) is 27.8 Å². The summed E-state index contributed by atoms with van der Waals surface area (Å²) in [4.78, 5) is 45.4. The van der Waals surface area contributed by atoms with Gasteiger partial charge < -0.3 is 14.3 Å². The van der Waals surface area contributed by atoms with Crippen LogP contribution in [0.2, 0.25) is 0 Å². The van der Waals surface area contributed by atoms with Crippen molar-refractivity contribution in [1.29, 1.82) is 0 Å². The average molecular weight is 462 g/mol. The van der Waals surface area contributed by atoms with Gasteiger partial charge >= 0.3 is 0 Å². The van der Waals surface area contributed by atoms with Gasteiger partial charge in [0.05, 0.1) is 34.7 Å². The van der Waals surface area contributed by atoms with Crippen molar-refractivity contribution in [2.45, 2.75) is 19.9 Å². The van der Waals surface area contributed by atoms with Crippen LogP contribution in [0.3, 0.4) is 0 Å². The summed E-state index contributed by atoms with van der Waals surface area (Å²) in [6.45, 7) is 3.13. The fourth-order valence-electron chi connectivity index (χ4n) is 4.11. The smallest absolute Gasteiger partial charge is 0.297 e. The van der Waals surface area contributed by atoms with Crippen LogP contribution in [-0.2, 0) is 0 Å². The minimum absolute atomic E-state index is 0.0760. The number of aromatic nitrogens is 1. The fourth-order valence-corrected chi connectivity index (χ4v) is 5.10. The molecule has 4 aromatic rings. The fraction of sp³-hybridized carbons (Fsp3) is 0.167. The molecule has 3 heterocycles. The minimum Gasteiger partial charge on any atom is -0.504 e. The second-order valence-corrected chi connectivity index (χ2v) is 8.62. The first-order valence-corrected chi connectivity index (χ1v) is 10.9. The molecule has 0 spiro atoms. The molecular weight excluding hydrogens is 444 g/mol. The first-order chi connectivity index (χ1) is 15.8. The van der Waals surface area contributed by atoms with Crippen molar-refractivity contribution >= 4 is 39.1 Å². The Morgan fingerprint density at radius 2 is 1.97 bits per heavy atom. The summed E-state index contributed by atoms with van der Waals surface area (Å²) in [6, 6.07) is 10.5. The largest absolute Gasteiger partial charge is 0.504 e. The van der Waals surface area contributed by atoms with Gasteiger partial charge in [0.1, 0.15) is 5.58 Å². The number of benzene rings is 2. The predicted molar refractivity (Wildman–Crippen MR) is 123 cm³/mol. The zero-order valence-corrected chi connectivity index (χ0v) is 18.7. The van der Waals surface area contributed by atoms with Gasteiger partial charge in [-0.05, 0) is 36.8 Å². The standard InChI is InChI=1S/C24H18N2O6S/c1-11-22(12(2)27)33-24(25-11)26-19(13-8-9-15(28)17(10-13)31-3)18-20(29)14-6-4-5-7-16(14)32-21(18)23(26)30/h4-10,19,28H,1-3H3. The Hall–Kier alpha value is -3.98. The number of rotatable bonds is 4. The second-order valence-electron chi connectivity index (χ2n) is 7.65. The third-order valence-corrected chi connectivity index (χ3v) is 6.87. The number of phenols is 1. The summed E-state index contributed by atoms with van der Waals surface area (Å²) in [5.41, 5.74) is 1.16. The van der Waals surface area contributed by atoms with Crippen molar-refractivity contribution in [2.75, 3.05) is 12.0 Å². The van der Waals surface area contributed by atoms with Crippen molar-refractivity contribution in [3.63, 3.8) is 0 Å². The number of hydrogen-bond acceptors (Lipinski definition) is 8. The molecule has 1 N–H and O–H groups in total. The number of thiazole rings is 1. The van der Waals surface area contributed by atoms with Gasteiger partial charge in [-0.2, -0.15) is 0 Å². The van der Waals surface area contributed by atoms with Gasteiger partial charge in [-0.3, -0.25) is 19.3 Å². The normalized spacial score (nSPS) is 15.2. The number of carbonyl (C=O) groups is 2. The Morgan fingerprint density at radius 1 is 1.21 bits per heavy atom. The molecule has 0 saturated carbocycles. The van der Waals surface area contributed by atoms with Gasteiger partial charge in [-0.15, -0.1) is 0 Å². The van der Waals surface area contributed by atoms with Crippen molar-refractivity contribution < 1.29 is 23.8 Å². The van der Waals surface area contributed by atoms with Gasteiger partial charge in [-0.25, -0.2) is 4.98 Å². The number of fused-ring (bicyclic) bond motifs is 2. The predicted octanol–water partition coefficient (Wildman–Crippen LogP) is 4.22. The van der Waals surface area contributed by atoms with Gasteiger partial charge in [-0.1, -0.05) is 29.5 Å². The molecule has 1 aliphatic rings. The van der Waals surface area contributed by atoms with Gasteiger partial charge in [0.2, 0.25) is 5.76 Å². The quantitative estimate of drug-likeness (QED) is 0.452. The lowest BCUT2D eigenvalue weighted by Gasteiger charge is -2.23. The van der Waals surface area contributed by atoms with Crippen LogP contribution in [0.4, 0.5) is 5.13 Å². The maximum Gasteiger partial charge on any atom is 0.297 e. The van der Waals surface area contributed by atoms with E-state index in [-0.39, 0.29) is 39.2 Å². The van der Waals surface area contributed by atoms with Crippen molar-refractivity contribution in [1.82, 2.24) is 4.98 Å². The van der Waals surface area contributed by atoms with E-state index in [0.717, 1.165) is 11.3 Å². The topological polar surface area (TPSA) is 110 Å². The van der Waals surface area contributed by atoms with E-state index in [0.29, 0.717) is 27.1 Å². The summed E-state index contributed by atoms with van der Waals surface area (Å²) in [7, 11) is 1.41. The molecule has 1 atom stereocenters. The Morgan fingerprint density at radius 3 is 2.67 bits per heavy atom. The molecule has 1 aliphatic heterocycles. The van der Waals surface area contributed by atoms with E-state index in [1.807, 2.05) is 0 Å². The van der Waals surface area contributed by atoms with E-state index in [1.54, 1.807) is 43.3 Å². The number of amides is 1. The number of aromatic hydroxyl groups is 1. The molecule has 9 heteroatoms. The highest BCUT2D eigenvalue weighted by Crippen LogP contribution is 2.44. The molecule has 0 fully saturated rings. The van der Waals surface area contributed by atoms with Crippen LogP contribution in [-0.4, -0.2) is 28.9 Å². The van der Waals surface area contributed by atoms with Crippen LogP contribution in [0.5, 0.6) is 11.5 Å². The van der Waals surface area contributed by atoms with E-state index in [1.165, 1.54) is 25.0 Å². The highest BCUT2D eigenvalue weighted by Gasteiger charge is 2.45. The van der Waals surface area contributed by atoms with Crippen LogP contribution in [0.25, 0.3) is 11.0 Å². The maximum atomic E-state index is 13.6. The van der Waals surface area contributed by atoms with E-state index < -0.39 is 11.9 Å². The Bertz CT molecular complexity index is 1520. The molecule has 2 aromatic carbocycles. The molecule has 2 aromatic heterocycles. The SMILES string of the molecule is COc1cc(C2c3c(oc4ccccc4c3=O)C(=O)N2c2nc(C)c(C(C)=O)s2)ccc1O. The number of methoxy groups -OCH3 is 1. The van der Waals surface area contributed by atoms with Gasteiger partial charge in [0, 0.05) is 6.92 Å². The van der Waals surface area contributed by atoms with Crippen LogP contribution >= 0.6 is 11.3 Å². The molecule has 5 rings (SSSR count). The van der Waals surface area contributed by atoms with Crippen LogP contribution in [0, 0.1) is 6.92 Å². The van der Waals surface area contributed by atoms with E-state index in [4.69, 9.17) is 9.15 Å². The van der Waals surface area contributed by atoms with E-state index >= 15 is 0 Å². The van der Waals surface area contributed by atoms with Crippen LogP contribution in [0.15, 0.2) is 51.7 Å². The van der Waals surface area contributed by atoms with Crippen molar-refractivity contribution in [3.05, 3.63) is 80.1 Å². The molecule has 0 bridgehead atoms. The molecule has 0 radical (unpaired) electrons. The number of ketones is 1. The lowest BCUT2D eigenvalue weighted by Crippen LogP contribution is -2.29. The summed E-state index contributed by atoms with van der Waals surface area (Å²) in [5, 5.41) is 10.7. The van der Waals surface area contributed by atoms with E-state index in [2.05, 4.69) is 4.98 Å². The lowest BCUT2D eigenvalue weighted by molar-refractivity contribution is 0.0969. The maximum absolute atomic E-state index is 13.6. The summed E-state index contributed by atoms with van der Waals surface area (Å²) >= 11 is 1.08. The highest BCUT2D eigenvalue weighted by atomic mass is 32.1. The Kier molecular flexibility index (Phi) is 4.79. The molecule has 33 heavy (non-hydrogen) atoms. The molecular formula is C24H18N2O6S. The molecule has 1 unspecified atom stereocenters. The van der Waals surface area contributed by atoms with Crippen molar-refractivity contribution in [3.8, 4) is 11.5 Å². The number of aryl methyl sites for hydroxylation is 1. The summed E-state index contributed by atoms with van der Waals surface area (Å²) in [5.74, 6) is -0.657. The zero-order chi connectivity index (χ0) is 23.4. The summed E-state index contributed by atoms with van der Waals surface area (Å²) in [6.07, 6.45) is 0. The lowest BCUT2D eigenvalue weighted by atomic mass is 9.98. The number of Topliss-reactive ketones (excluding diaryl/α,β-unsaturated/α-hetero) is 1. The minimum atomic E-state index is -0.881. The first-order valence-electron chi connectivity index (χ1n) is 10.1. The monoisotopic (exact) mass is 462 g/mol. The summed E-state index contributed by atoms with van der Waals surface area (Å²) < 4.78 is 11.1. The third-order valence-electron chi connectivity index (χ3n) is 5.61. The first kappa shape index (κ1) is 20.9. The van der Waals surface area contributed by atoms with Gasteiger partial charge in [0.25, 0.3) is 5.91 Å². The Balaban J connectivity index is 1.81. The van der Waals surface area contributed by atoms with Crippen LogP contribution < -0.4 is 15.1 Å². The highest BCUT2D eigenvalue weighted by molar-refractivity contribution is 7.17. The number of nitrogens with zero attached hydrogens (tertiary/aromatic N) is 2. The zero-order valence-electron chi connectivity index (χ0n) is 17.9. The molecule has 166 valence electrons. The molecule has 8 nitrogen and oxygen atoms in total. The molecule has 0 aliphatic carbocycles. The number of hydrogen-bond donors (Lipinski definition) is 1. The second kappa shape index (κ2) is 7.56. The number of ether oxygens (including phenoxy) is 1. The molecule has 0 saturated heterocycles. The number of anilines is 1. The van der Waals surface area contributed by atoms with Crippen molar-refractivity contribution in [2.24, 2.45) is 0 Å². The number of carbonyl (C=O) groups excluding carboxylic acids is 2. The number of para-hydroxylation sites is 1. The number of phenolic OH excluding ortho intramolecular Hbond substituents is 1. The Labute approximate surface area is 191 Å². The average Bonchev–Trinajstić information content (AvgIpc) is 3.32.